The molecule has 7 heteroatoms. The molecular formula is C12H13BrClNO3S. The number of halogens is 2. The lowest BCUT2D eigenvalue weighted by atomic mass is 10.1. The highest BCUT2D eigenvalue weighted by Crippen LogP contribution is 2.31. The van der Waals surface area contributed by atoms with Gasteiger partial charge in [0.25, 0.3) is 15.0 Å². The molecule has 0 heterocycles. The molecule has 0 radical (unpaired) electrons. The number of aryl methyl sites for hydroxylation is 1. The molecular weight excluding hydrogens is 354 g/mol. The van der Waals surface area contributed by atoms with E-state index in [1.807, 2.05) is 6.92 Å². The Morgan fingerprint density at radius 3 is 2.53 bits per heavy atom. The van der Waals surface area contributed by atoms with Gasteiger partial charge < -0.3 is 5.32 Å². The van der Waals surface area contributed by atoms with Gasteiger partial charge in [-0.3, -0.25) is 4.79 Å². The smallest absolute Gasteiger partial charge is 0.262 e. The maximum atomic E-state index is 12.0. The minimum absolute atomic E-state index is 0.0804. The quantitative estimate of drug-likeness (QED) is 0.837. The largest absolute Gasteiger partial charge is 0.349 e. The van der Waals surface area contributed by atoms with Gasteiger partial charge in [-0.1, -0.05) is 6.92 Å². The second-order valence-corrected chi connectivity index (χ2v) is 8.16. The number of nitrogens with one attached hydrogen (secondary N) is 1. The summed E-state index contributed by atoms with van der Waals surface area (Å²) in [7, 11) is 1.47. The van der Waals surface area contributed by atoms with Crippen LogP contribution >= 0.6 is 26.6 Å². The number of hydrogen-bond donors (Lipinski definition) is 1. The van der Waals surface area contributed by atoms with Gasteiger partial charge in [-0.15, -0.1) is 0 Å². The van der Waals surface area contributed by atoms with Gasteiger partial charge in [0.1, 0.15) is 0 Å². The molecule has 2 unspecified atom stereocenters. The van der Waals surface area contributed by atoms with Crippen molar-refractivity contribution in [2.75, 3.05) is 0 Å². The molecule has 0 spiro atoms. The van der Waals surface area contributed by atoms with Crippen molar-refractivity contribution in [3.05, 3.63) is 27.7 Å². The van der Waals surface area contributed by atoms with E-state index >= 15 is 0 Å². The first kappa shape index (κ1) is 14.8. The van der Waals surface area contributed by atoms with Gasteiger partial charge in [0.05, 0.1) is 4.90 Å². The van der Waals surface area contributed by atoms with Crippen molar-refractivity contribution in [2.24, 2.45) is 5.92 Å². The van der Waals surface area contributed by atoms with Crippen molar-refractivity contribution < 1.29 is 13.2 Å². The lowest BCUT2D eigenvalue weighted by Gasteiger charge is -2.09. The molecule has 0 aromatic heterocycles. The highest BCUT2D eigenvalue weighted by molar-refractivity contribution is 9.10. The van der Waals surface area contributed by atoms with Crippen molar-refractivity contribution in [3.63, 3.8) is 0 Å². The van der Waals surface area contributed by atoms with Crippen LogP contribution in [0.2, 0.25) is 0 Å². The molecule has 19 heavy (non-hydrogen) atoms. The van der Waals surface area contributed by atoms with Crippen LogP contribution in [0.15, 0.2) is 21.5 Å². The highest BCUT2D eigenvalue weighted by Gasteiger charge is 2.34. The van der Waals surface area contributed by atoms with Crippen molar-refractivity contribution in [1.29, 1.82) is 0 Å². The van der Waals surface area contributed by atoms with E-state index in [2.05, 4.69) is 21.2 Å². The van der Waals surface area contributed by atoms with Crippen LogP contribution in [0.25, 0.3) is 0 Å². The molecule has 1 N–H and O–H groups in total. The van der Waals surface area contributed by atoms with Gasteiger partial charge in [-0.2, -0.15) is 0 Å². The molecule has 2 atom stereocenters. The van der Waals surface area contributed by atoms with Crippen LogP contribution < -0.4 is 5.32 Å². The average Bonchev–Trinajstić information content (AvgIpc) is 2.96. The molecule has 1 amide bonds. The summed E-state index contributed by atoms with van der Waals surface area (Å²) < 4.78 is 23.3. The number of hydrogen-bond acceptors (Lipinski definition) is 3. The first-order valence-electron chi connectivity index (χ1n) is 5.76. The summed E-state index contributed by atoms with van der Waals surface area (Å²) in [5.41, 5.74) is 0.953. The van der Waals surface area contributed by atoms with Crippen molar-refractivity contribution in [2.45, 2.75) is 31.2 Å². The van der Waals surface area contributed by atoms with E-state index in [-0.39, 0.29) is 16.8 Å². The second kappa shape index (κ2) is 5.07. The van der Waals surface area contributed by atoms with Gasteiger partial charge in [0.2, 0.25) is 0 Å². The third-order valence-electron chi connectivity index (χ3n) is 3.17. The first-order chi connectivity index (χ1) is 8.70. The Labute approximate surface area is 125 Å². The molecule has 0 aliphatic heterocycles. The zero-order chi connectivity index (χ0) is 14.4. The molecule has 1 aromatic carbocycles. The van der Waals surface area contributed by atoms with E-state index in [4.69, 9.17) is 10.7 Å². The first-order valence-corrected chi connectivity index (χ1v) is 8.86. The van der Waals surface area contributed by atoms with E-state index in [1.54, 1.807) is 13.0 Å². The standard InChI is InChI=1S/C12H13BrClNO3S/c1-6-4-9(6)15-12(16)8-3-7(2)11(13)10(5-8)19(14,17)18/h3,5-6,9H,4H2,1-2H3,(H,15,16). The van der Waals surface area contributed by atoms with Crippen LogP contribution in [-0.4, -0.2) is 20.4 Å². The number of rotatable bonds is 3. The fourth-order valence-electron chi connectivity index (χ4n) is 1.82. The minimum atomic E-state index is -3.89. The Balaban J connectivity index is 2.36. The Hall–Kier alpha value is -0.590. The van der Waals surface area contributed by atoms with Crippen molar-refractivity contribution >= 4 is 41.6 Å². The van der Waals surface area contributed by atoms with E-state index in [0.717, 1.165) is 6.42 Å². The van der Waals surface area contributed by atoms with Crippen LogP contribution in [0, 0.1) is 12.8 Å². The number of benzene rings is 1. The molecule has 0 bridgehead atoms. The van der Waals surface area contributed by atoms with Crippen molar-refractivity contribution in [1.82, 2.24) is 5.32 Å². The fourth-order valence-corrected chi connectivity index (χ4v) is 3.98. The summed E-state index contributed by atoms with van der Waals surface area (Å²) in [5, 5.41) is 2.85. The topological polar surface area (TPSA) is 63.2 Å². The lowest BCUT2D eigenvalue weighted by molar-refractivity contribution is 0.0949. The highest BCUT2D eigenvalue weighted by atomic mass is 79.9. The Morgan fingerprint density at radius 1 is 1.47 bits per heavy atom. The van der Waals surface area contributed by atoms with Crippen LogP contribution in [0.1, 0.15) is 29.3 Å². The summed E-state index contributed by atoms with van der Waals surface area (Å²) in [4.78, 5) is 11.9. The van der Waals surface area contributed by atoms with Gasteiger partial charge in [0, 0.05) is 26.8 Å². The molecule has 2 rings (SSSR count). The molecule has 4 nitrogen and oxygen atoms in total. The zero-order valence-corrected chi connectivity index (χ0v) is 13.6. The Bertz CT molecular complexity index is 645. The van der Waals surface area contributed by atoms with Crippen LogP contribution in [0.4, 0.5) is 0 Å². The van der Waals surface area contributed by atoms with Gasteiger partial charge in [0.15, 0.2) is 0 Å². The lowest BCUT2D eigenvalue weighted by Crippen LogP contribution is -2.26. The normalized spacial score (nSPS) is 22.1. The molecule has 104 valence electrons. The predicted molar refractivity (Wildman–Crippen MR) is 77.0 cm³/mol. The Morgan fingerprint density at radius 2 is 2.05 bits per heavy atom. The van der Waals surface area contributed by atoms with E-state index in [1.165, 1.54) is 6.07 Å². The molecule has 1 saturated carbocycles. The molecule has 0 saturated heterocycles. The number of carbonyl (C=O) groups is 1. The summed E-state index contributed by atoms with van der Waals surface area (Å²) in [5.74, 6) is 0.211. The van der Waals surface area contributed by atoms with Crippen molar-refractivity contribution in [3.8, 4) is 0 Å². The second-order valence-electron chi connectivity index (χ2n) is 4.84. The zero-order valence-electron chi connectivity index (χ0n) is 10.4. The molecule has 1 aromatic rings. The predicted octanol–water partition coefficient (Wildman–Crippen LogP) is 2.82. The maximum Gasteiger partial charge on any atom is 0.262 e. The number of carbonyl (C=O) groups excluding carboxylic acids is 1. The van der Waals surface area contributed by atoms with Gasteiger partial charge in [-0.05, 0) is 52.9 Å². The number of amides is 1. The van der Waals surface area contributed by atoms with E-state index < -0.39 is 9.05 Å². The fraction of sp³-hybridized carbons (Fsp3) is 0.417. The third-order valence-corrected chi connectivity index (χ3v) is 5.83. The third kappa shape index (κ3) is 3.30. The van der Waals surface area contributed by atoms with Gasteiger partial charge >= 0.3 is 0 Å². The maximum absolute atomic E-state index is 12.0. The monoisotopic (exact) mass is 365 g/mol. The summed E-state index contributed by atoms with van der Waals surface area (Å²) in [6, 6.07) is 3.12. The molecule has 1 aliphatic rings. The van der Waals surface area contributed by atoms with E-state index in [0.29, 0.717) is 21.5 Å². The molecule has 1 aliphatic carbocycles. The SMILES string of the molecule is Cc1cc(C(=O)NC2CC2C)cc(S(=O)(=O)Cl)c1Br. The summed E-state index contributed by atoms with van der Waals surface area (Å²) in [6.07, 6.45) is 0.960. The summed E-state index contributed by atoms with van der Waals surface area (Å²) in [6.45, 7) is 3.76. The van der Waals surface area contributed by atoms with Gasteiger partial charge in [-0.25, -0.2) is 8.42 Å². The van der Waals surface area contributed by atoms with Crippen LogP contribution in [-0.2, 0) is 9.05 Å². The molecule has 1 fully saturated rings. The minimum Gasteiger partial charge on any atom is -0.349 e. The van der Waals surface area contributed by atoms with Crippen LogP contribution in [0.3, 0.4) is 0 Å². The summed E-state index contributed by atoms with van der Waals surface area (Å²) >= 11 is 3.18. The Kier molecular flexibility index (Phi) is 3.95. The van der Waals surface area contributed by atoms with E-state index in [9.17, 15) is 13.2 Å². The average molecular weight is 367 g/mol. The van der Waals surface area contributed by atoms with Crippen LogP contribution in [0.5, 0.6) is 0 Å².